The zero-order chi connectivity index (χ0) is 11.5. The zero-order valence-corrected chi connectivity index (χ0v) is 11.7. The van der Waals surface area contributed by atoms with Crippen LogP contribution in [0.5, 0.6) is 0 Å². The molecule has 1 aliphatic rings. The maximum Gasteiger partial charge on any atom is 0.0212 e. The number of nitrogens with one attached hydrogen (secondary N) is 1. The molecule has 0 aliphatic carbocycles. The van der Waals surface area contributed by atoms with Gasteiger partial charge in [-0.1, -0.05) is 13.8 Å². The van der Waals surface area contributed by atoms with Gasteiger partial charge in [0.25, 0.3) is 0 Å². The van der Waals surface area contributed by atoms with E-state index in [-0.39, 0.29) is 0 Å². The van der Waals surface area contributed by atoms with E-state index in [0.29, 0.717) is 17.5 Å². The van der Waals surface area contributed by atoms with E-state index in [4.69, 9.17) is 0 Å². The molecule has 0 saturated carbocycles. The van der Waals surface area contributed by atoms with Crippen LogP contribution in [0.3, 0.4) is 0 Å². The second-order valence-corrected chi connectivity index (χ2v) is 6.85. The number of nitrogens with zero attached hydrogens (tertiary/aromatic N) is 1. The van der Waals surface area contributed by atoms with Crippen LogP contribution in [0.25, 0.3) is 0 Å². The minimum absolute atomic E-state index is 0.464. The van der Waals surface area contributed by atoms with E-state index in [1.165, 1.54) is 17.9 Å². The fourth-order valence-corrected chi connectivity index (χ4v) is 3.77. The predicted octanol–water partition coefficient (Wildman–Crippen LogP) is 2.06. The Kier molecular flexibility index (Phi) is 4.94. The number of hydrogen-bond acceptors (Lipinski definition) is 3. The van der Waals surface area contributed by atoms with E-state index in [0.717, 1.165) is 6.54 Å². The van der Waals surface area contributed by atoms with Crippen molar-refractivity contribution in [2.75, 3.05) is 32.1 Å². The lowest BCUT2D eigenvalue weighted by atomic mass is 9.82. The summed E-state index contributed by atoms with van der Waals surface area (Å²) in [4.78, 5) is 2.25. The summed E-state index contributed by atoms with van der Waals surface area (Å²) >= 11 is 2.09. The molecule has 1 fully saturated rings. The lowest BCUT2D eigenvalue weighted by Gasteiger charge is -2.40. The zero-order valence-electron chi connectivity index (χ0n) is 10.8. The van der Waals surface area contributed by atoms with Crippen LogP contribution in [0.15, 0.2) is 0 Å². The third-order valence-corrected chi connectivity index (χ3v) is 4.31. The van der Waals surface area contributed by atoms with Crippen molar-refractivity contribution in [2.24, 2.45) is 5.41 Å². The molecule has 2 unspecified atom stereocenters. The van der Waals surface area contributed by atoms with Gasteiger partial charge < -0.3 is 10.2 Å². The summed E-state index contributed by atoms with van der Waals surface area (Å²) in [6.07, 6.45) is 1.34. The second kappa shape index (κ2) is 5.55. The molecule has 2 nitrogen and oxygen atoms in total. The maximum absolute atomic E-state index is 3.78. The van der Waals surface area contributed by atoms with E-state index in [9.17, 15) is 0 Å². The van der Waals surface area contributed by atoms with Gasteiger partial charge in [0.2, 0.25) is 0 Å². The van der Waals surface area contributed by atoms with Crippen molar-refractivity contribution in [3.63, 3.8) is 0 Å². The highest BCUT2D eigenvalue weighted by atomic mass is 32.2. The van der Waals surface area contributed by atoms with Gasteiger partial charge in [0.05, 0.1) is 0 Å². The van der Waals surface area contributed by atoms with Crippen molar-refractivity contribution in [3.05, 3.63) is 0 Å². The maximum atomic E-state index is 3.78. The monoisotopic (exact) mass is 230 g/mol. The topological polar surface area (TPSA) is 15.3 Å². The fraction of sp³-hybridized carbons (Fsp3) is 1.00. The lowest BCUT2D eigenvalue weighted by Crippen LogP contribution is -2.52. The van der Waals surface area contributed by atoms with Crippen LogP contribution in [0.2, 0.25) is 0 Å². The Hall–Kier alpha value is 0.270. The first-order chi connectivity index (χ1) is 6.92. The SMILES string of the molecule is CC(CN(C)C)NC1CSCCC1(C)C. The molecule has 3 heteroatoms. The molecule has 1 saturated heterocycles. The minimum atomic E-state index is 0.464. The highest BCUT2D eigenvalue weighted by Crippen LogP contribution is 2.34. The van der Waals surface area contributed by atoms with Gasteiger partial charge in [0.15, 0.2) is 0 Å². The van der Waals surface area contributed by atoms with Crippen molar-refractivity contribution in [3.8, 4) is 0 Å². The van der Waals surface area contributed by atoms with E-state index < -0.39 is 0 Å². The molecule has 0 aromatic carbocycles. The van der Waals surface area contributed by atoms with Crippen molar-refractivity contribution in [2.45, 2.75) is 39.3 Å². The number of thioether (sulfide) groups is 1. The lowest BCUT2D eigenvalue weighted by molar-refractivity contribution is 0.217. The van der Waals surface area contributed by atoms with E-state index in [2.05, 4.69) is 56.8 Å². The van der Waals surface area contributed by atoms with E-state index >= 15 is 0 Å². The predicted molar refractivity (Wildman–Crippen MR) is 70.7 cm³/mol. The number of likely N-dealkylation sites (N-methyl/N-ethyl adjacent to an activating group) is 1. The van der Waals surface area contributed by atoms with E-state index in [1.807, 2.05) is 0 Å². The summed E-state index contributed by atoms with van der Waals surface area (Å²) in [6, 6.07) is 1.26. The summed E-state index contributed by atoms with van der Waals surface area (Å²) in [6.45, 7) is 8.20. The average Bonchev–Trinajstić information content (AvgIpc) is 2.07. The van der Waals surface area contributed by atoms with Crippen LogP contribution >= 0.6 is 11.8 Å². The molecule has 15 heavy (non-hydrogen) atoms. The van der Waals surface area contributed by atoms with Crippen LogP contribution in [0.1, 0.15) is 27.2 Å². The normalized spacial score (nSPS) is 28.0. The van der Waals surface area contributed by atoms with Crippen LogP contribution < -0.4 is 5.32 Å². The fourth-order valence-electron chi connectivity index (χ4n) is 2.15. The average molecular weight is 230 g/mol. The standard InChI is InChI=1S/C12H26N2S/c1-10(8-14(4)5)13-11-9-15-7-6-12(11,2)3/h10-11,13H,6-9H2,1-5H3. The number of hydrogen-bond donors (Lipinski definition) is 1. The molecule has 90 valence electrons. The summed E-state index contributed by atoms with van der Waals surface area (Å²) in [5.41, 5.74) is 0.464. The molecule has 2 atom stereocenters. The Labute approximate surface area is 99.2 Å². The molecule has 0 radical (unpaired) electrons. The van der Waals surface area contributed by atoms with Gasteiger partial charge >= 0.3 is 0 Å². The first-order valence-corrected chi connectivity index (χ1v) is 7.06. The Bertz CT molecular complexity index is 192. The minimum Gasteiger partial charge on any atom is -0.309 e. The molecule has 0 aromatic rings. The van der Waals surface area contributed by atoms with Crippen LogP contribution in [-0.2, 0) is 0 Å². The highest BCUT2D eigenvalue weighted by Gasteiger charge is 2.32. The van der Waals surface area contributed by atoms with Gasteiger partial charge in [-0.15, -0.1) is 0 Å². The Morgan fingerprint density at radius 1 is 1.47 bits per heavy atom. The van der Waals surface area contributed by atoms with Gasteiger partial charge in [0, 0.05) is 24.4 Å². The molecule has 0 spiro atoms. The van der Waals surface area contributed by atoms with Crippen LogP contribution in [0, 0.1) is 5.41 Å². The highest BCUT2D eigenvalue weighted by molar-refractivity contribution is 7.99. The van der Waals surface area contributed by atoms with Crippen molar-refractivity contribution >= 4 is 11.8 Å². The third kappa shape index (κ3) is 4.33. The Morgan fingerprint density at radius 2 is 2.13 bits per heavy atom. The largest absolute Gasteiger partial charge is 0.309 e. The molecule has 0 amide bonds. The summed E-state index contributed by atoms with van der Waals surface area (Å²) in [5.74, 6) is 2.60. The van der Waals surface area contributed by atoms with E-state index in [1.54, 1.807) is 0 Å². The first-order valence-electron chi connectivity index (χ1n) is 5.90. The summed E-state index contributed by atoms with van der Waals surface area (Å²) < 4.78 is 0. The molecule has 0 bridgehead atoms. The van der Waals surface area contributed by atoms with Gasteiger partial charge in [-0.2, -0.15) is 11.8 Å². The quantitative estimate of drug-likeness (QED) is 0.796. The van der Waals surface area contributed by atoms with Crippen LogP contribution in [0.4, 0.5) is 0 Å². The number of rotatable bonds is 4. The summed E-state index contributed by atoms with van der Waals surface area (Å²) in [5, 5.41) is 3.78. The first kappa shape index (κ1) is 13.3. The summed E-state index contributed by atoms with van der Waals surface area (Å²) in [7, 11) is 4.28. The van der Waals surface area contributed by atoms with Gasteiger partial charge in [0.1, 0.15) is 0 Å². The third-order valence-electron chi connectivity index (χ3n) is 3.24. The molecule has 1 rings (SSSR count). The Balaban J connectivity index is 2.41. The smallest absolute Gasteiger partial charge is 0.0212 e. The Morgan fingerprint density at radius 3 is 2.67 bits per heavy atom. The van der Waals surface area contributed by atoms with Gasteiger partial charge in [-0.25, -0.2) is 0 Å². The van der Waals surface area contributed by atoms with Crippen molar-refractivity contribution < 1.29 is 0 Å². The molecular weight excluding hydrogens is 204 g/mol. The van der Waals surface area contributed by atoms with Gasteiger partial charge in [-0.3, -0.25) is 0 Å². The van der Waals surface area contributed by atoms with Gasteiger partial charge in [-0.05, 0) is 38.6 Å². The van der Waals surface area contributed by atoms with Crippen LogP contribution in [-0.4, -0.2) is 49.1 Å². The second-order valence-electron chi connectivity index (χ2n) is 5.70. The molecule has 1 N–H and O–H groups in total. The van der Waals surface area contributed by atoms with Crippen molar-refractivity contribution in [1.29, 1.82) is 0 Å². The molecular formula is C12H26N2S. The molecule has 1 heterocycles. The molecule has 0 aromatic heterocycles. The van der Waals surface area contributed by atoms with Crippen molar-refractivity contribution in [1.82, 2.24) is 10.2 Å². The molecule has 1 aliphatic heterocycles.